The van der Waals surface area contributed by atoms with Crippen LogP contribution in [0.3, 0.4) is 0 Å². The van der Waals surface area contributed by atoms with Crippen molar-refractivity contribution in [2.24, 2.45) is 0 Å². The summed E-state index contributed by atoms with van der Waals surface area (Å²) >= 11 is 0. The Morgan fingerprint density at radius 1 is 1.39 bits per heavy atom. The van der Waals surface area contributed by atoms with E-state index in [0.29, 0.717) is 5.56 Å². The molecule has 1 aliphatic carbocycles. The highest BCUT2D eigenvalue weighted by molar-refractivity contribution is 5.97. The summed E-state index contributed by atoms with van der Waals surface area (Å²) < 4.78 is 38.0. The van der Waals surface area contributed by atoms with Gasteiger partial charge in [0, 0.05) is 0 Å². The van der Waals surface area contributed by atoms with Gasteiger partial charge in [-0.2, -0.15) is 13.2 Å². The van der Waals surface area contributed by atoms with Crippen molar-refractivity contribution >= 4 is 5.91 Å². The monoisotopic (exact) mass is 259 g/mol. The van der Waals surface area contributed by atoms with Gasteiger partial charge in [0.2, 0.25) is 0 Å². The third-order valence-corrected chi connectivity index (χ3v) is 3.04. The number of rotatable bonds is 2. The van der Waals surface area contributed by atoms with Crippen molar-refractivity contribution in [1.29, 1.82) is 0 Å². The van der Waals surface area contributed by atoms with Gasteiger partial charge in [0.15, 0.2) is 0 Å². The highest BCUT2D eigenvalue weighted by atomic mass is 19.4. The molecule has 0 atom stereocenters. The molecule has 1 aromatic rings. The lowest BCUT2D eigenvalue weighted by molar-refractivity contribution is -0.163. The Morgan fingerprint density at radius 2 is 2.00 bits per heavy atom. The number of amides is 1. The van der Waals surface area contributed by atoms with E-state index < -0.39 is 17.6 Å². The summed E-state index contributed by atoms with van der Waals surface area (Å²) in [5, 5.41) is 11.5. The van der Waals surface area contributed by atoms with Gasteiger partial charge < -0.3 is 10.4 Å². The van der Waals surface area contributed by atoms with E-state index in [4.69, 9.17) is 0 Å². The molecule has 18 heavy (non-hydrogen) atoms. The van der Waals surface area contributed by atoms with Gasteiger partial charge >= 0.3 is 6.18 Å². The molecule has 1 amide bonds. The van der Waals surface area contributed by atoms with Crippen LogP contribution in [0.4, 0.5) is 13.2 Å². The van der Waals surface area contributed by atoms with Crippen LogP contribution in [0, 0.1) is 6.92 Å². The zero-order valence-corrected chi connectivity index (χ0v) is 9.64. The number of phenols is 1. The molecule has 0 saturated heterocycles. The van der Waals surface area contributed by atoms with E-state index >= 15 is 0 Å². The zero-order chi connectivity index (χ0) is 13.6. The fourth-order valence-electron chi connectivity index (χ4n) is 1.72. The summed E-state index contributed by atoms with van der Waals surface area (Å²) in [5.41, 5.74) is -1.55. The number of alkyl halides is 3. The van der Waals surface area contributed by atoms with Gasteiger partial charge in [0.05, 0.1) is 5.56 Å². The summed E-state index contributed by atoms with van der Waals surface area (Å²) in [4.78, 5) is 11.7. The fourth-order valence-corrected chi connectivity index (χ4v) is 1.72. The predicted molar refractivity (Wildman–Crippen MR) is 58.3 cm³/mol. The Labute approximate surface area is 102 Å². The Morgan fingerprint density at radius 3 is 2.50 bits per heavy atom. The van der Waals surface area contributed by atoms with E-state index in [-0.39, 0.29) is 24.2 Å². The van der Waals surface area contributed by atoms with Crippen LogP contribution in [0.25, 0.3) is 0 Å². The van der Waals surface area contributed by atoms with Crippen LogP contribution in [0.2, 0.25) is 0 Å². The van der Waals surface area contributed by atoms with Crippen LogP contribution in [0.5, 0.6) is 5.75 Å². The van der Waals surface area contributed by atoms with E-state index in [2.05, 4.69) is 0 Å². The second kappa shape index (κ2) is 3.90. The van der Waals surface area contributed by atoms with Crippen molar-refractivity contribution in [2.45, 2.75) is 31.5 Å². The first-order valence-corrected chi connectivity index (χ1v) is 5.44. The van der Waals surface area contributed by atoms with Crippen LogP contribution in [0.1, 0.15) is 28.8 Å². The number of aromatic hydroxyl groups is 1. The first kappa shape index (κ1) is 12.7. The lowest BCUT2D eigenvalue weighted by Gasteiger charge is -2.21. The average molecular weight is 259 g/mol. The number of benzene rings is 1. The molecule has 0 aliphatic heterocycles. The molecule has 2 N–H and O–H groups in total. The maximum Gasteiger partial charge on any atom is 0.411 e. The summed E-state index contributed by atoms with van der Waals surface area (Å²) in [6, 6.07) is 4.22. The van der Waals surface area contributed by atoms with E-state index in [0.717, 1.165) is 0 Å². The van der Waals surface area contributed by atoms with Crippen LogP contribution in [0.15, 0.2) is 18.2 Å². The quantitative estimate of drug-likeness (QED) is 0.857. The lowest BCUT2D eigenvalue weighted by atomic mass is 10.1. The van der Waals surface area contributed by atoms with E-state index in [1.807, 2.05) is 5.32 Å². The molecule has 1 aromatic carbocycles. The van der Waals surface area contributed by atoms with Crippen molar-refractivity contribution in [2.75, 3.05) is 0 Å². The molecule has 0 aromatic heterocycles. The van der Waals surface area contributed by atoms with Crippen molar-refractivity contribution in [3.8, 4) is 5.75 Å². The number of phenolic OH excluding ortho intramolecular Hbond substituents is 1. The van der Waals surface area contributed by atoms with Gasteiger partial charge in [-0.05, 0) is 31.9 Å². The summed E-state index contributed by atoms with van der Waals surface area (Å²) in [6.07, 6.45) is -4.69. The van der Waals surface area contributed by atoms with E-state index in [1.54, 1.807) is 13.0 Å². The second-order valence-electron chi connectivity index (χ2n) is 4.55. The number of carbonyl (C=O) groups is 1. The number of nitrogens with one attached hydrogen (secondary N) is 1. The van der Waals surface area contributed by atoms with Gasteiger partial charge in [-0.3, -0.25) is 4.79 Å². The minimum Gasteiger partial charge on any atom is -0.507 e. The van der Waals surface area contributed by atoms with Crippen LogP contribution >= 0.6 is 0 Å². The molecule has 0 unspecified atom stereocenters. The third kappa shape index (κ3) is 2.14. The maximum absolute atomic E-state index is 12.7. The molecule has 0 radical (unpaired) electrons. The zero-order valence-electron chi connectivity index (χ0n) is 9.64. The van der Waals surface area contributed by atoms with Gasteiger partial charge in [-0.1, -0.05) is 11.6 Å². The summed E-state index contributed by atoms with van der Waals surface area (Å²) in [7, 11) is 0. The van der Waals surface area contributed by atoms with E-state index in [9.17, 15) is 23.1 Å². The minimum atomic E-state index is -4.46. The Bertz CT molecular complexity index is 493. The van der Waals surface area contributed by atoms with Crippen LogP contribution < -0.4 is 5.32 Å². The van der Waals surface area contributed by atoms with E-state index in [1.165, 1.54) is 12.1 Å². The second-order valence-corrected chi connectivity index (χ2v) is 4.55. The van der Waals surface area contributed by atoms with Crippen molar-refractivity contribution in [3.05, 3.63) is 29.3 Å². The molecule has 1 saturated carbocycles. The van der Waals surface area contributed by atoms with Gasteiger partial charge in [-0.25, -0.2) is 0 Å². The number of hydrogen-bond donors (Lipinski definition) is 2. The minimum absolute atomic E-state index is 0.116. The smallest absolute Gasteiger partial charge is 0.411 e. The standard InChI is InChI=1S/C12H12F3NO2/c1-7-2-3-9(17)8(6-7)10(18)16-11(4-5-11)12(13,14)15/h2-3,6,17H,4-5H2,1H3,(H,16,18). The largest absolute Gasteiger partial charge is 0.507 e. The highest BCUT2D eigenvalue weighted by Gasteiger charge is 2.64. The molecule has 2 rings (SSSR count). The predicted octanol–water partition coefficient (Wildman–Crippen LogP) is 2.53. The maximum atomic E-state index is 12.7. The average Bonchev–Trinajstić information content (AvgIpc) is 3.01. The number of halogens is 3. The van der Waals surface area contributed by atoms with Crippen LogP contribution in [-0.4, -0.2) is 22.7 Å². The normalized spacial score (nSPS) is 17.3. The molecule has 98 valence electrons. The van der Waals surface area contributed by atoms with Crippen molar-refractivity contribution in [3.63, 3.8) is 0 Å². The first-order valence-electron chi connectivity index (χ1n) is 5.44. The molecule has 0 heterocycles. The molecular weight excluding hydrogens is 247 g/mol. The highest BCUT2D eigenvalue weighted by Crippen LogP contribution is 2.49. The van der Waals surface area contributed by atoms with Gasteiger partial charge in [0.1, 0.15) is 11.3 Å². The molecule has 0 bridgehead atoms. The molecule has 0 spiro atoms. The molecule has 1 aliphatic rings. The Hall–Kier alpha value is -1.72. The summed E-state index contributed by atoms with van der Waals surface area (Å²) in [6.45, 7) is 1.69. The number of carbonyl (C=O) groups excluding carboxylic acids is 1. The van der Waals surface area contributed by atoms with Crippen molar-refractivity contribution in [1.82, 2.24) is 5.32 Å². The fraction of sp³-hybridized carbons (Fsp3) is 0.417. The molecule has 6 heteroatoms. The Kier molecular flexibility index (Phi) is 2.76. The first-order chi connectivity index (χ1) is 8.25. The van der Waals surface area contributed by atoms with Crippen molar-refractivity contribution < 1.29 is 23.1 Å². The Balaban J connectivity index is 2.21. The SMILES string of the molecule is Cc1ccc(O)c(C(=O)NC2(C(F)(F)F)CC2)c1. The van der Waals surface area contributed by atoms with Crippen LogP contribution in [-0.2, 0) is 0 Å². The summed E-state index contributed by atoms with van der Waals surface area (Å²) in [5.74, 6) is -1.22. The number of aryl methyl sites for hydroxylation is 1. The third-order valence-electron chi connectivity index (χ3n) is 3.04. The topological polar surface area (TPSA) is 49.3 Å². The van der Waals surface area contributed by atoms with Gasteiger partial charge in [0.25, 0.3) is 5.91 Å². The molecule has 3 nitrogen and oxygen atoms in total. The lowest BCUT2D eigenvalue weighted by Crippen LogP contribution is -2.47. The van der Waals surface area contributed by atoms with Gasteiger partial charge in [-0.15, -0.1) is 0 Å². The number of hydrogen-bond acceptors (Lipinski definition) is 2. The molecule has 1 fully saturated rings. The molecular formula is C12H12F3NO2.